The summed E-state index contributed by atoms with van der Waals surface area (Å²) < 4.78 is 23.6. The highest BCUT2D eigenvalue weighted by molar-refractivity contribution is 9.10. The first kappa shape index (κ1) is 16.3. The van der Waals surface area contributed by atoms with Gasteiger partial charge < -0.3 is 18.9 Å². The van der Waals surface area contributed by atoms with Gasteiger partial charge in [-0.1, -0.05) is 30.3 Å². The molecule has 0 radical (unpaired) electrons. The molecule has 1 saturated heterocycles. The van der Waals surface area contributed by atoms with Crippen molar-refractivity contribution in [1.82, 2.24) is 0 Å². The van der Waals surface area contributed by atoms with Gasteiger partial charge in [-0.25, -0.2) is 0 Å². The van der Waals surface area contributed by atoms with E-state index >= 15 is 0 Å². The molecule has 0 saturated carbocycles. The molecule has 0 amide bonds. The van der Waals surface area contributed by atoms with Gasteiger partial charge >= 0.3 is 0 Å². The van der Waals surface area contributed by atoms with Crippen molar-refractivity contribution in [2.75, 3.05) is 20.3 Å². The largest absolute Gasteiger partial charge is 0.497 e. The molecule has 1 aliphatic rings. The summed E-state index contributed by atoms with van der Waals surface area (Å²) in [6.45, 7) is 1.86. The summed E-state index contributed by atoms with van der Waals surface area (Å²) in [6.07, 6.45) is 0.516. The van der Waals surface area contributed by atoms with Crippen LogP contribution < -0.4 is 9.47 Å². The maximum atomic E-state index is 5.96. The smallest absolute Gasteiger partial charge is 0.185 e. The average molecular weight is 379 g/mol. The van der Waals surface area contributed by atoms with Gasteiger partial charge in [0.05, 0.1) is 24.8 Å². The summed E-state index contributed by atoms with van der Waals surface area (Å²) in [5, 5.41) is 0. The lowest BCUT2D eigenvalue weighted by atomic mass is 10.1. The van der Waals surface area contributed by atoms with Crippen molar-refractivity contribution >= 4 is 15.9 Å². The number of methoxy groups -OCH3 is 1. The molecular weight excluding hydrogens is 360 g/mol. The molecular formula is C18H19BrO4. The van der Waals surface area contributed by atoms with E-state index in [4.69, 9.17) is 18.9 Å². The Bertz CT molecular complexity index is 639. The molecule has 0 atom stereocenters. The van der Waals surface area contributed by atoms with Crippen LogP contribution in [-0.2, 0) is 16.1 Å². The van der Waals surface area contributed by atoms with Crippen LogP contribution in [0.5, 0.6) is 11.5 Å². The summed E-state index contributed by atoms with van der Waals surface area (Å²) in [7, 11) is 1.64. The molecule has 2 aromatic carbocycles. The Hall–Kier alpha value is -1.56. The molecule has 122 valence electrons. The fourth-order valence-electron chi connectivity index (χ4n) is 2.39. The van der Waals surface area contributed by atoms with Crippen molar-refractivity contribution < 1.29 is 18.9 Å². The molecule has 2 aromatic rings. The Morgan fingerprint density at radius 3 is 2.57 bits per heavy atom. The first-order valence-corrected chi connectivity index (χ1v) is 8.34. The molecule has 5 heteroatoms. The molecule has 0 N–H and O–H groups in total. The minimum atomic E-state index is -0.396. The van der Waals surface area contributed by atoms with E-state index in [0.29, 0.717) is 31.3 Å². The van der Waals surface area contributed by atoms with Crippen LogP contribution in [0.3, 0.4) is 0 Å². The van der Waals surface area contributed by atoms with E-state index in [1.165, 1.54) is 0 Å². The van der Waals surface area contributed by atoms with Gasteiger partial charge in [0.25, 0.3) is 0 Å². The van der Waals surface area contributed by atoms with Crippen LogP contribution in [0.15, 0.2) is 46.9 Å². The predicted molar refractivity (Wildman–Crippen MR) is 90.7 cm³/mol. The van der Waals surface area contributed by atoms with E-state index in [-0.39, 0.29) is 0 Å². The van der Waals surface area contributed by atoms with Crippen molar-refractivity contribution in [3.63, 3.8) is 0 Å². The molecule has 3 rings (SSSR count). The van der Waals surface area contributed by atoms with Crippen LogP contribution in [-0.4, -0.2) is 20.3 Å². The monoisotopic (exact) mass is 378 g/mol. The third-order valence-corrected chi connectivity index (χ3v) is 4.44. The van der Waals surface area contributed by atoms with E-state index in [1.54, 1.807) is 7.11 Å². The van der Waals surface area contributed by atoms with Crippen LogP contribution >= 0.6 is 15.9 Å². The van der Waals surface area contributed by atoms with Gasteiger partial charge in [0, 0.05) is 11.6 Å². The highest BCUT2D eigenvalue weighted by Gasteiger charge is 2.22. The number of hydrogen-bond acceptors (Lipinski definition) is 4. The Morgan fingerprint density at radius 2 is 1.87 bits per heavy atom. The van der Waals surface area contributed by atoms with Gasteiger partial charge in [-0.05, 0) is 34.0 Å². The van der Waals surface area contributed by atoms with Crippen molar-refractivity contribution in [1.29, 1.82) is 0 Å². The van der Waals surface area contributed by atoms with Crippen molar-refractivity contribution in [3.8, 4) is 11.5 Å². The summed E-state index contributed by atoms with van der Waals surface area (Å²) in [5.41, 5.74) is 1.99. The van der Waals surface area contributed by atoms with Gasteiger partial charge in [0.2, 0.25) is 0 Å². The summed E-state index contributed by atoms with van der Waals surface area (Å²) >= 11 is 3.61. The van der Waals surface area contributed by atoms with E-state index in [2.05, 4.69) is 15.9 Å². The van der Waals surface area contributed by atoms with Crippen LogP contribution in [0.1, 0.15) is 23.8 Å². The first-order chi connectivity index (χ1) is 11.3. The number of rotatable bonds is 5. The minimum Gasteiger partial charge on any atom is -0.497 e. The third kappa shape index (κ3) is 4.05. The number of benzene rings is 2. The third-order valence-electron chi connectivity index (χ3n) is 3.59. The molecule has 0 aromatic heterocycles. The summed E-state index contributed by atoms with van der Waals surface area (Å²) in [5.74, 6) is 1.42. The SMILES string of the molecule is COc1cc(OCc2ccccc2)c(Br)c(C2OCCCO2)c1. The van der Waals surface area contributed by atoms with E-state index in [1.807, 2.05) is 42.5 Å². The van der Waals surface area contributed by atoms with Crippen LogP contribution in [0, 0.1) is 0 Å². The molecule has 1 heterocycles. The fourth-order valence-corrected chi connectivity index (χ4v) is 2.92. The Morgan fingerprint density at radius 1 is 1.13 bits per heavy atom. The Balaban J connectivity index is 1.83. The molecule has 23 heavy (non-hydrogen) atoms. The number of ether oxygens (including phenoxy) is 4. The van der Waals surface area contributed by atoms with Gasteiger partial charge in [0.1, 0.15) is 18.1 Å². The number of halogens is 1. The maximum Gasteiger partial charge on any atom is 0.185 e. The highest BCUT2D eigenvalue weighted by Crippen LogP contribution is 2.39. The minimum absolute atomic E-state index is 0.396. The van der Waals surface area contributed by atoms with Crippen molar-refractivity contribution in [2.45, 2.75) is 19.3 Å². The Labute approximate surface area is 144 Å². The van der Waals surface area contributed by atoms with E-state index in [9.17, 15) is 0 Å². The summed E-state index contributed by atoms with van der Waals surface area (Å²) in [4.78, 5) is 0. The van der Waals surface area contributed by atoms with Crippen LogP contribution in [0.4, 0.5) is 0 Å². The number of hydrogen-bond donors (Lipinski definition) is 0. The van der Waals surface area contributed by atoms with Crippen molar-refractivity contribution in [2.24, 2.45) is 0 Å². The lowest BCUT2D eigenvalue weighted by Gasteiger charge is -2.25. The quantitative estimate of drug-likeness (QED) is 0.768. The molecule has 1 fully saturated rings. The Kier molecular flexibility index (Phi) is 5.54. The van der Waals surface area contributed by atoms with Crippen LogP contribution in [0.25, 0.3) is 0 Å². The summed E-state index contributed by atoms with van der Waals surface area (Å²) in [6, 6.07) is 13.8. The molecule has 0 aliphatic carbocycles. The highest BCUT2D eigenvalue weighted by atomic mass is 79.9. The molecule has 1 aliphatic heterocycles. The first-order valence-electron chi connectivity index (χ1n) is 7.55. The van der Waals surface area contributed by atoms with Crippen molar-refractivity contribution in [3.05, 3.63) is 58.1 Å². The second-order valence-electron chi connectivity index (χ2n) is 5.23. The lowest BCUT2D eigenvalue weighted by Crippen LogP contribution is -2.18. The van der Waals surface area contributed by atoms with Crippen LogP contribution in [0.2, 0.25) is 0 Å². The predicted octanol–water partition coefficient (Wildman–Crippen LogP) is 4.47. The topological polar surface area (TPSA) is 36.9 Å². The maximum absolute atomic E-state index is 5.96. The molecule has 0 unspecified atom stereocenters. The second kappa shape index (κ2) is 7.81. The van der Waals surface area contributed by atoms with Gasteiger partial charge in [-0.15, -0.1) is 0 Å². The van der Waals surface area contributed by atoms with E-state index in [0.717, 1.165) is 22.0 Å². The molecule has 0 bridgehead atoms. The zero-order chi connectivity index (χ0) is 16.1. The zero-order valence-corrected chi connectivity index (χ0v) is 14.5. The average Bonchev–Trinajstić information content (AvgIpc) is 2.62. The fraction of sp³-hybridized carbons (Fsp3) is 0.333. The zero-order valence-electron chi connectivity index (χ0n) is 13.0. The lowest BCUT2D eigenvalue weighted by molar-refractivity contribution is -0.183. The normalized spacial score (nSPS) is 15.4. The second-order valence-corrected chi connectivity index (χ2v) is 6.02. The van der Waals surface area contributed by atoms with Gasteiger partial charge in [-0.2, -0.15) is 0 Å². The van der Waals surface area contributed by atoms with Gasteiger partial charge in [0.15, 0.2) is 6.29 Å². The molecule has 4 nitrogen and oxygen atoms in total. The standard InChI is InChI=1S/C18H19BrO4/c1-20-14-10-15(18-21-8-5-9-22-18)17(19)16(11-14)23-12-13-6-3-2-4-7-13/h2-4,6-7,10-11,18H,5,8-9,12H2,1H3. The molecule has 0 spiro atoms. The van der Waals surface area contributed by atoms with E-state index < -0.39 is 6.29 Å². The van der Waals surface area contributed by atoms with Gasteiger partial charge in [-0.3, -0.25) is 0 Å².